The van der Waals surface area contributed by atoms with E-state index in [-0.39, 0.29) is 28.7 Å². The minimum atomic E-state index is -5.04. The van der Waals surface area contributed by atoms with Crippen LogP contribution in [0, 0.1) is 0 Å². The lowest BCUT2D eigenvalue weighted by atomic mass is 10.1. The minimum absolute atomic E-state index is 0.00180. The largest absolute Gasteiger partial charge is 0.440 e. The Labute approximate surface area is 139 Å². The van der Waals surface area contributed by atoms with Crippen LogP contribution in [0.25, 0.3) is 33.5 Å². The first-order valence-corrected chi connectivity index (χ1v) is 7.01. The van der Waals surface area contributed by atoms with Crippen molar-refractivity contribution in [3.8, 4) is 11.6 Å². The average Bonchev–Trinajstić information content (AvgIpc) is 3.20. The van der Waals surface area contributed by atoms with E-state index in [9.17, 15) is 26.3 Å². The molecule has 5 nitrogen and oxygen atoms in total. The summed E-state index contributed by atoms with van der Waals surface area (Å²) in [5.74, 6) is 0.287. The summed E-state index contributed by atoms with van der Waals surface area (Å²) in [6.07, 6.45) is -7.61. The van der Waals surface area contributed by atoms with Crippen molar-refractivity contribution in [3.05, 3.63) is 42.0 Å². The maximum absolute atomic E-state index is 13.3. The lowest BCUT2D eigenvalue weighted by Gasteiger charge is -2.14. The van der Waals surface area contributed by atoms with Gasteiger partial charge >= 0.3 is 12.4 Å². The van der Waals surface area contributed by atoms with Gasteiger partial charge in [-0.2, -0.15) is 26.3 Å². The molecule has 0 amide bonds. The van der Waals surface area contributed by atoms with E-state index in [1.807, 2.05) is 0 Å². The van der Waals surface area contributed by atoms with Crippen molar-refractivity contribution in [2.45, 2.75) is 12.4 Å². The average molecular weight is 372 g/mol. The Bertz CT molecular complexity index is 1110. The summed E-state index contributed by atoms with van der Waals surface area (Å²) in [5, 5.41) is -0.478. The molecule has 0 aliphatic heterocycles. The number of hydrogen-bond acceptors (Lipinski definition) is 4. The number of imidazole rings is 1. The third-order valence-corrected chi connectivity index (χ3v) is 3.69. The second-order valence-corrected chi connectivity index (χ2v) is 5.36. The number of nitrogens with one attached hydrogen (secondary N) is 1. The summed E-state index contributed by atoms with van der Waals surface area (Å²) in [6.45, 7) is 0. The molecular formula is C15H6F6N4O. The van der Waals surface area contributed by atoms with Gasteiger partial charge in [-0.05, 0) is 18.2 Å². The molecule has 0 atom stereocenters. The number of pyridine rings is 1. The lowest BCUT2D eigenvalue weighted by molar-refractivity contribution is -0.144. The Morgan fingerprint density at radius 1 is 0.923 bits per heavy atom. The fraction of sp³-hybridized carbons (Fsp3) is 0.133. The van der Waals surface area contributed by atoms with E-state index in [2.05, 4.69) is 19.9 Å². The van der Waals surface area contributed by atoms with Crippen molar-refractivity contribution >= 4 is 21.9 Å². The van der Waals surface area contributed by atoms with Gasteiger partial charge < -0.3 is 9.40 Å². The number of H-pyrrole nitrogens is 1. The Kier molecular flexibility index (Phi) is 3.27. The standard InChI is InChI=1S/C15H6F6N4O/c16-14(17,18)7-3-10(15(19,20)21)24-11-6(7)1-2-8-12(11)25-13(23-8)9-4-22-5-26-9/h1-5H,(H,23,25). The van der Waals surface area contributed by atoms with Crippen LogP contribution in [0.3, 0.4) is 0 Å². The second-order valence-electron chi connectivity index (χ2n) is 5.36. The van der Waals surface area contributed by atoms with Gasteiger partial charge in [-0.25, -0.2) is 15.0 Å². The summed E-state index contributed by atoms with van der Waals surface area (Å²) in [7, 11) is 0. The zero-order valence-corrected chi connectivity index (χ0v) is 12.4. The first-order chi connectivity index (χ1) is 12.1. The number of nitrogens with zero attached hydrogens (tertiary/aromatic N) is 3. The highest BCUT2D eigenvalue weighted by molar-refractivity contribution is 6.03. The lowest BCUT2D eigenvalue weighted by Crippen LogP contribution is -2.13. The molecule has 3 aromatic heterocycles. The number of hydrogen-bond donors (Lipinski definition) is 1. The number of alkyl halides is 6. The van der Waals surface area contributed by atoms with Crippen molar-refractivity contribution < 1.29 is 30.8 Å². The molecule has 0 spiro atoms. The molecule has 0 saturated carbocycles. The maximum Gasteiger partial charge on any atom is 0.433 e. The van der Waals surface area contributed by atoms with E-state index < -0.39 is 34.5 Å². The zero-order valence-electron chi connectivity index (χ0n) is 12.4. The molecule has 0 radical (unpaired) electrons. The third kappa shape index (κ3) is 2.55. The van der Waals surface area contributed by atoms with E-state index in [0.29, 0.717) is 0 Å². The molecule has 0 aliphatic carbocycles. The number of rotatable bonds is 1. The molecule has 0 bridgehead atoms. The van der Waals surface area contributed by atoms with Crippen LogP contribution >= 0.6 is 0 Å². The smallest absolute Gasteiger partial charge is 0.433 e. The van der Waals surface area contributed by atoms with Crippen molar-refractivity contribution in [1.29, 1.82) is 0 Å². The summed E-state index contributed by atoms with van der Waals surface area (Å²) < 4.78 is 83.9. The van der Waals surface area contributed by atoms with Gasteiger partial charge in [-0.3, -0.25) is 0 Å². The Morgan fingerprint density at radius 2 is 1.69 bits per heavy atom. The topological polar surface area (TPSA) is 67.6 Å². The van der Waals surface area contributed by atoms with Crippen molar-refractivity contribution in [2.24, 2.45) is 0 Å². The highest BCUT2D eigenvalue weighted by Crippen LogP contribution is 2.40. The highest BCUT2D eigenvalue weighted by Gasteiger charge is 2.39. The first-order valence-electron chi connectivity index (χ1n) is 7.01. The van der Waals surface area contributed by atoms with Crippen molar-refractivity contribution in [2.75, 3.05) is 0 Å². The molecule has 1 N–H and O–H groups in total. The Balaban J connectivity index is 2.09. The van der Waals surface area contributed by atoms with Gasteiger partial charge in [-0.1, -0.05) is 0 Å². The Morgan fingerprint density at radius 3 is 2.31 bits per heavy atom. The SMILES string of the molecule is FC(F)(F)c1cc(C(F)(F)F)c2ccc3[nH]c(-c4cnco4)nc3c2n1. The summed E-state index contributed by atoms with van der Waals surface area (Å²) >= 11 is 0. The molecule has 0 aliphatic rings. The quantitative estimate of drug-likeness (QED) is 0.487. The van der Waals surface area contributed by atoms with E-state index in [1.165, 1.54) is 12.3 Å². The highest BCUT2D eigenvalue weighted by atomic mass is 19.4. The van der Waals surface area contributed by atoms with Crippen LogP contribution in [0.1, 0.15) is 11.3 Å². The van der Waals surface area contributed by atoms with Gasteiger partial charge in [0.05, 0.1) is 22.8 Å². The van der Waals surface area contributed by atoms with Crippen LogP contribution in [0.15, 0.2) is 35.2 Å². The molecule has 26 heavy (non-hydrogen) atoms. The van der Waals surface area contributed by atoms with Gasteiger partial charge in [0, 0.05) is 5.39 Å². The predicted molar refractivity (Wildman–Crippen MR) is 76.9 cm³/mol. The maximum atomic E-state index is 13.3. The summed E-state index contributed by atoms with van der Waals surface area (Å²) in [6, 6.07) is 2.34. The normalized spacial score (nSPS) is 13.0. The van der Waals surface area contributed by atoms with Crippen molar-refractivity contribution in [1.82, 2.24) is 19.9 Å². The van der Waals surface area contributed by atoms with Crippen LogP contribution in [0.2, 0.25) is 0 Å². The number of benzene rings is 1. The minimum Gasteiger partial charge on any atom is -0.440 e. The molecule has 0 saturated heterocycles. The third-order valence-electron chi connectivity index (χ3n) is 3.69. The predicted octanol–water partition coefficient (Wildman–Crippen LogP) is 4.80. The monoisotopic (exact) mass is 372 g/mol. The number of oxazole rings is 1. The van der Waals surface area contributed by atoms with E-state index >= 15 is 0 Å². The van der Waals surface area contributed by atoms with E-state index in [0.717, 1.165) is 12.5 Å². The van der Waals surface area contributed by atoms with Crippen LogP contribution in [0.4, 0.5) is 26.3 Å². The van der Waals surface area contributed by atoms with Gasteiger partial charge in [0.15, 0.2) is 18.0 Å². The fourth-order valence-electron chi connectivity index (χ4n) is 2.59. The van der Waals surface area contributed by atoms with Crippen molar-refractivity contribution in [3.63, 3.8) is 0 Å². The molecule has 4 rings (SSSR count). The zero-order chi connectivity index (χ0) is 18.7. The first kappa shape index (κ1) is 16.4. The molecule has 0 fully saturated rings. The van der Waals surface area contributed by atoms with E-state index in [1.54, 1.807) is 0 Å². The molecule has 134 valence electrons. The number of aromatic amines is 1. The van der Waals surface area contributed by atoms with Crippen LogP contribution in [-0.2, 0) is 12.4 Å². The molecular weight excluding hydrogens is 366 g/mol. The van der Waals surface area contributed by atoms with Gasteiger partial charge in [0.1, 0.15) is 11.2 Å². The second kappa shape index (κ2) is 5.19. The van der Waals surface area contributed by atoms with Gasteiger partial charge in [-0.15, -0.1) is 0 Å². The molecule has 1 aromatic carbocycles. The van der Waals surface area contributed by atoms with E-state index in [4.69, 9.17) is 4.42 Å². The summed E-state index contributed by atoms with van der Waals surface area (Å²) in [5.41, 5.74) is -3.50. The van der Waals surface area contributed by atoms with Crippen LogP contribution in [-0.4, -0.2) is 19.9 Å². The van der Waals surface area contributed by atoms with Crippen LogP contribution in [0.5, 0.6) is 0 Å². The van der Waals surface area contributed by atoms with Gasteiger partial charge in [0.2, 0.25) is 0 Å². The molecule has 11 heteroatoms. The van der Waals surface area contributed by atoms with Gasteiger partial charge in [0.25, 0.3) is 0 Å². The molecule has 4 aromatic rings. The Hall–Kier alpha value is -3.11. The number of fused-ring (bicyclic) bond motifs is 3. The molecule has 0 unspecified atom stereocenters. The number of halogens is 6. The fourth-order valence-corrected chi connectivity index (χ4v) is 2.59. The van der Waals surface area contributed by atoms with Crippen LogP contribution < -0.4 is 0 Å². The number of aromatic nitrogens is 4. The molecule has 3 heterocycles. The summed E-state index contributed by atoms with van der Waals surface area (Å²) in [4.78, 5) is 13.9.